The van der Waals surface area contributed by atoms with Crippen LogP contribution in [0.2, 0.25) is 0 Å². The van der Waals surface area contributed by atoms with E-state index in [0.29, 0.717) is 0 Å². The first-order valence-electron chi connectivity index (χ1n) is 10.8. The van der Waals surface area contributed by atoms with Crippen LogP contribution in [-0.4, -0.2) is 109 Å². The molecule has 0 radical (unpaired) electrons. The largest absolute Gasteiger partial charge is 0.481 e. The molecule has 1 aliphatic heterocycles. The Hall–Kier alpha value is -2.80. The molecule has 1 fully saturated rings. The number of aliphatic hydroxyl groups excluding tert-OH is 3. The molecular formula is C18H30N7O11P. The van der Waals surface area contributed by atoms with Gasteiger partial charge in [-0.3, -0.25) is 19.1 Å². The summed E-state index contributed by atoms with van der Waals surface area (Å²) in [4.78, 5) is 49.9. The number of aliphatic hydroxyl groups is 3. The van der Waals surface area contributed by atoms with E-state index in [1.54, 1.807) is 0 Å². The van der Waals surface area contributed by atoms with Gasteiger partial charge in [-0.1, -0.05) is 0 Å². The Morgan fingerprint density at radius 2 is 1.62 bits per heavy atom. The minimum atomic E-state index is -4.14. The Kier molecular flexibility index (Phi) is 10.8. The van der Waals surface area contributed by atoms with Crippen molar-refractivity contribution in [2.75, 3.05) is 18.8 Å². The molecule has 208 valence electrons. The maximum absolute atomic E-state index is 10.9. The van der Waals surface area contributed by atoms with Gasteiger partial charge in [0.2, 0.25) is 0 Å². The van der Waals surface area contributed by atoms with E-state index in [1.165, 1.54) is 22.1 Å². The first kappa shape index (κ1) is 30.4. The summed E-state index contributed by atoms with van der Waals surface area (Å²) in [5, 5.41) is 49.7. The number of hydrogen-bond donors (Lipinski definition) is 9. The van der Waals surface area contributed by atoms with Crippen molar-refractivity contribution >= 4 is 36.7 Å². The first-order chi connectivity index (χ1) is 17.2. The third-order valence-electron chi connectivity index (χ3n) is 5.28. The second-order valence-corrected chi connectivity index (χ2v) is 9.27. The van der Waals surface area contributed by atoms with Gasteiger partial charge < -0.3 is 45.8 Å². The van der Waals surface area contributed by atoms with Crippen molar-refractivity contribution < 1.29 is 54.2 Å². The molecule has 11 N–H and O–H groups in total. The highest BCUT2D eigenvalue weighted by molar-refractivity contribution is 7.49. The van der Waals surface area contributed by atoms with Gasteiger partial charge in [-0.15, -0.1) is 0 Å². The molecule has 3 heterocycles. The van der Waals surface area contributed by atoms with Crippen molar-refractivity contribution in [2.24, 2.45) is 5.50 Å². The molecule has 0 saturated carbocycles. The predicted octanol–water partition coefficient (Wildman–Crippen LogP) is -2.58. The Bertz CT molecular complexity index is 1080. The first-order valence-corrected chi connectivity index (χ1v) is 12.5. The average molecular weight is 551 g/mol. The molecule has 3 rings (SSSR count). The molecule has 18 nitrogen and oxygen atoms in total. The van der Waals surface area contributed by atoms with Gasteiger partial charge in [-0.2, -0.15) is 0 Å². The normalized spacial score (nSPS) is 22.6. The molecule has 1 unspecified atom stereocenters. The second-order valence-electron chi connectivity index (χ2n) is 8.09. The topological polar surface area (TPSA) is 301 Å². The number of nitrogens with two attached hydrogens (primary N) is 2. The number of imidazole rings is 1. The standard InChI is InChI=1S/C18H26N6O8.H4NO3P/c19-15-11-16(21-7-20-15)24(8-22-11)18-13(30)12(29)14(32-18)17(31)23(5-1-3-9(25)26)6-2-4-10(27)28;1-5(2,3)4/h7-8,12-14,17-18,29-31H,1-6H2,(H,25,26)(H,27,28)(H2,19,20,21);(H4,1,2,3,4)/t12-,13+,14-,17?,18+;/m0./s1. The molecular weight excluding hydrogens is 521 g/mol. The molecule has 0 amide bonds. The van der Waals surface area contributed by atoms with Crippen molar-refractivity contribution in [1.29, 1.82) is 0 Å². The maximum atomic E-state index is 10.9. The summed E-state index contributed by atoms with van der Waals surface area (Å²) >= 11 is 0. The summed E-state index contributed by atoms with van der Waals surface area (Å²) in [6.45, 7) is 0.246. The van der Waals surface area contributed by atoms with Crippen molar-refractivity contribution in [2.45, 2.75) is 56.5 Å². The highest BCUT2D eigenvalue weighted by Gasteiger charge is 2.48. The number of nitrogens with zero attached hydrogens (tertiary/aromatic N) is 5. The molecule has 2 aromatic heterocycles. The summed E-state index contributed by atoms with van der Waals surface area (Å²) < 4.78 is 16.2. The fourth-order valence-electron chi connectivity index (χ4n) is 3.67. The molecule has 37 heavy (non-hydrogen) atoms. The lowest BCUT2D eigenvalue weighted by Crippen LogP contribution is -2.49. The van der Waals surface area contributed by atoms with Crippen molar-refractivity contribution in [3.63, 3.8) is 0 Å². The number of fused-ring (bicyclic) bond motifs is 1. The smallest absolute Gasteiger partial charge is 0.397 e. The Morgan fingerprint density at radius 1 is 1.08 bits per heavy atom. The van der Waals surface area contributed by atoms with E-state index in [-0.39, 0.29) is 55.8 Å². The zero-order chi connectivity index (χ0) is 27.9. The Labute approximate surface area is 209 Å². The van der Waals surface area contributed by atoms with Crippen LogP contribution in [-0.2, 0) is 18.9 Å². The van der Waals surface area contributed by atoms with Gasteiger partial charge in [0.25, 0.3) is 0 Å². The van der Waals surface area contributed by atoms with Crippen molar-refractivity contribution in [1.82, 2.24) is 24.4 Å². The van der Waals surface area contributed by atoms with Crippen molar-refractivity contribution in [3.8, 4) is 0 Å². The van der Waals surface area contributed by atoms with Crippen LogP contribution in [0.4, 0.5) is 5.82 Å². The van der Waals surface area contributed by atoms with Crippen LogP contribution in [0.25, 0.3) is 11.2 Å². The van der Waals surface area contributed by atoms with Gasteiger partial charge in [-0.25, -0.2) is 25.0 Å². The molecule has 0 aromatic carbocycles. The Balaban J connectivity index is 0.000000877. The number of hydrogen-bond acceptors (Lipinski definition) is 12. The van der Waals surface area contributed by atoms with Crippen LogP contribution in [0.5, 0.6) is 0 Å². The van der Waals surface area contributed by atoms with Crippen LogP contribution in [0.3, 0.4) is 0 Å². The zero-order valence-electron chi connectivity index (χ0n) is 19.4. The van der Waals surface area contributed by atoms with Crippen molar-refractivity contribution in [3.05, 3.63) is 12.7 Å². The lowest BCUT2D eigenvalue weighted by molar-refractivity contribution is -0.144. The SMILES string of the molecule is NP(=O)(O)O.Nc1ncnc2c1ncn2[C@@H]1O[C@H](C(O)N(CCCC(=O)O)CCCC(=O)O)[C@@H](O)[C@H]1O. The highest BCUT2D eigenvalue weighted by atomic mass is 31.2. The fourth-order valence-corrected chi connectivity index (χ4v) is 3.67. The number of ether oxygens (including phenoxy) is 1. The molecule has 1 aliphatic rings. The van der Waals surface area contributed by atoms with E-state index in [4.69, 9.17) is 35.0 Å². The summed E-state index contributed by atoms with van der Waals surface area (Å²) in [6.07, 6.45) is -4.14. The number of rotatable bonds is 11. The maximum Gasteiger partial charge on any atom is 0.397 e. The van der Waals surface area contributed by atoms with Crippen LogP contribution < -0.4 is 11.2 Å². The minimum absolute atomic E-state index is 0.123. The molecule has 19 heteroatoms. The number of carboxylic acid groups (broad SMARTS) is 2. The minimum Gasteiger partial charge on any atom is -0.481 e. The predicted molar refractivity (Wildman–Crippen MR) is 123 cm³/mol. The molecule has 0 bridgehead atoms. The number of aliphatic carboxylic acids is 2. The van der Waals surface area contributed by atoms with Gasteiger partial charge in [0.05, 0.1) is 6.33 Å². The molecule has 2 aromatic rings. The van der Waals surface area contributed by atoms with Gasteiger partial charge in [0.15, 0.2) is 17.7 Å². The lowest BCUT2D eigenvalue weighted by atomic mass is 10.1. The Morgan fingerprint density at radius 3 is 2.14 bits per heavy atom. The summed E-state index contributed by atoms with van der Waals surface area (Å²) in [5.74, 6) is -1.89. The number of anilines is 1. The monoisotopic (exact) mass is 551 g/mol. The van der Waals surface area contributed by atoms with Crippen LogP contribution in [0.1, 0.15) is 31.9 Å². The van der Waals surface area contributed by atoms with E-state index in [2.05, 4.69) is 20.5 Å². The van der Waals surface area contributed by atoms with Gasteiger partial charge in [0, 0.05) is 25.9 Å². The quantitative estimate of drug-likeness (QED) is 0.102. The zero-order valence-corrected chi connectivity index (χ0v) is 20.3. The van der Waals surface area contributed by atoms with Crippen LogP contribution >= 0.6 is 7.75 Å². The number of carbonyl (C=O) groups is 2. The summed E-state index contributed by atoms with van der Waals surface area (Å²) in [5.41, 5.74) is 10.3. The summed E-state index contributed by atoms with van der Waals surface area (Å²) in [7, 11) is -4.14. The van der Waals surface area contributed by atoms with E-state index in [1.807, 2.05) is 0 Å². The number of nitrogen functional groups attached to an aromatic ring is 1. The molecule has 5 atom stereocenters. The van der Waals surface area contributed by atoms with Crippen LogP contribution in [0, 0.1) is 0 Å². The summed E-state index contributed by atoms with van der Waals surface area (Å²) in [6, 6.07) is 0. The fraction of sp³-hybridized carbons (Fsp3) is 0.611. The van der Waals surface area contributed by atoms with Gasteiger partial charge in [-0.05, 0) is 12.8 Å². The van der Waals surface area contributed by atoms with E-state index in [0.717, 1.165) is 0 Å². The second kappa shape index (κ2) is 13.1. The third-order valence-corrected chi connectivity index (χ3v) is 5.28. The molecule has 0 aliphatic carbocycles. The number of carboxylic acids is 2. The number of aromatic nitrogens is 4. The van der Waals surface area contributed by atoms with Gasteiger partial charge in [0.1, 0.15) is 36.4 Å². The molecule has 1 saturated heterocycles. The highest BCUT2D eigenvalue weighted by Crippen LogP contribution is 2.34. The van der Waals surface area contributed by atoms with E-state index < -0.39 is 50.5 Å². The lowest BCUT2D eigenvalue weighted by Gasteiger charge is -2.32. The van der Waals surface area contributed by atoms with E-state index in [9.17, 15) is 24.9 Å². The third kappa shape index (κ3) is 8.92. The van der Waals surface area contributed by atoms with Gasteiger partial charge >= 0.3 is 19.7 Å². The average Bonchev–Trinajstić information content (AvgIpc) is 3.33. The van der Waals surface area contributed by atoms with Crippen LogP contribution in [0.15, 0.2) is 12.7 Å². The van der Waals surface area contributed by atoms with E-state index >= 15 is 0 Å². The molecule has 0 spiro atoms.